The lowest BCUT2D eigenvalue weighted by molar-refractivity contribution is -0.119. The third-order valence-electron chi connectivity index (χ3n) is 5.30. The van der Waals surface area contributed by atoms with Crippen molar-refractivity contribution in [3.05, 3.63) is 20.8 Å². The Morgan fingerprint density at radius 1 is 1.31 bits per heavy atom. The van der Waals surface area contributed by atoms with Gasteiger partial charge in [0, 0.05) is 17.0 Å². The molecule has 1 aliphatic carbocycles. The molecule has 2 aromatic heterocycles. The van der Waals surface area contributed by atoms with E-state index < -0.39 is 0 Å². The van der Waals surface area contributed by atoms with Crippen LogP contribution in [-0.2, 0) is 28.9 Å². The highest BCUT2D eigenvalue weighted by atomic mass is 32.2. The van der Waals surface area contributed by atoms with Gasteiger partial charge >= 0.3 is 0 Å². The monoisotopic (exact) mass is 435 g/mol. The third-order valence-corrected chi connectivity index (χ3v) is 7.46. The number of carbonyl (C=O) groups is 1. The van der Waals surface area contributed by atoms with Gasteiger partial charge in [-0.1, -0.05) is 11.8 Å². The number of carbonyl (C=O) groups excluding carboxylic acids is 1. The molecule has 1 unspecified atom stereocenters. The van der Waals surface area contributed by atoms with Crippen LogP contribution in [0.25, 0.3) is 10.2 Å². The summed E-state index contributed by atoms with van der Waals surface area (Å²) in [7, 11) is 0. The molecule has 1 aliphatic heterocycles. The SMILES string of the molecule is CC(C)(C)NC(=O)CSc1nc2sc3c(c2c(=O)n1CC1CCCO1)CCCC3. The molecule has 2 aliphatic rings. The molecule has 0 spiro atoms. The summed E-state index contributed by atoms with van der Waals surface area (Å²) in [5.74, 6) is 0.192. The molecule has 1 fully saturated rings. The number of fused-ring (bicyclic) bond motifs is 3. The molecular weight excluding hydrogens is 406 g/mol. The number of thiophene rings is 1. The maximum absolute atomic E-state index is 13.5. The number of nitrogens with zero attached hydrogens (tertiary/aromatic N) is 2. The third kappa shape index (κ3) is 4.70. The molecule has 0 aromatic carbocycles. The van der Waals surface area contributed by atoms with E-state index in [1.165, 1.54) is 28.6 Å². The Morgan fingerprint density at radius 3 is 2.83 bits per heavy atom. The van der Waals surface area contributed by atoms with E-state index >= 15 is 0 Å². The lowest BCUT2D eigenvalue weighted by atomic mass is 9.97. The Bertz CT molecular complexity index is 968. The van der Waals surface area contributed by atoms with Crippen LogP contribution in [0.4, 0.5) is 0 Å². The quantitative estimate of drug-likeness (QED) is 0.575. The van der Waals surface area contributed by atoms with Gasteiger partial charge in [0.25, 0.3) is 5.56 Å². The largest absolute Gasteiger partial charge is 0.376 e. The van der Waals surface area contributed by atoms with Crippen LogP contribution in [0, 0.1) is 0 Å². The fourth-order valence-electron chi connectivity index (χ4n) is 4.07. The molecule has 0 saturated carbocycles. The van der Waals surface area contributed by atoms with Crippen LogP contribution in [0.15, 0.2) is 9.95 Å². The Hall–Kier alpha value is -1.38. The van der Waals surface area contributed by atoms with Gasteiger partial charge in [0.2, 0.25) is 5.91 Å². The Kier molecular flexibility index (Phi) is 6.04. The minimum absolute atomic E-state index is 0.0311. The Morgan fingerprint density at radius 2 is 2.10 bits per heavy atom. The van der Waals surface area contributed by atoms with Gasteiger partial charge in [0.1, 0.15) is 4.83 Å². The molecule has 6 nitrogen and oxygen atoms in total. The molecule has 4 rings (SSSR count). The minimum Gasteiger partial charge on any atom is -0.376 e. The summed E-state index contributed by atoms with van der Waals surface area (Å²) in [4.78, 5) is 32.8. The van der Waals surface area contributed by atoms with E-state index in [1.54, 1.807) is 15.9 Å². The topological polar surface area (TPSA) is 73.2 Å². The van der Waals surface area contributed by atoms with Crippen molar-refractivity contribution in [2.24, 2.45) is 0 Å². The number of aryl methyl sites for hydroxylation is 2. The second kappa shape index (κ2) is 8.40. The van der Waals surface area contributed by atoms with Crippen molar-refractivity contribution in [1.82, 2.24) is 14.9 Å². The van der Waals surface area contributed by atoms with Crippen molar-refractivity contribution >= 4 is 39.2 Å². The van der Waals surface area contributed by atoms with Gasteiger partial charge in [-0.05, 0) is 64.9 Å². The number of aromatic nitrogens is 2. The first kappa shape index (κ1) is 20.9. The van der Waals surface area contributed by atoms with E-state index in [0.29, 0.717) is 11.7 Å². The van der Waals surface area contributed by atoms with E-state index in [2.05, 4.69) is 5.32 Å². The maximum Gasteiger partial charge on any atom is 0.263 e. The van der Waals surface area contributed by atoms with Gasteiger partial charge in [-0.25, -0.2) is 4.98 Å². The van der Waals surface area contributed by atoms with Crippen LogP contribution in [0.3, 0.4) is 0 Å². The van der Waals surface area contributed by atoms with Gasteiger partial charge in [0.05, 0.1) is 23.8 Å². The van der Waals surface area contributed by atoms with Crippen molar-refractivity contribution < 1.29 is 9.53 Å². The fraction of sp³-hybridized carbons (Fsp3) is 0.667. The minimum atomic E-state index is -0.279. The first-order valence-electron chi connectivity index (χ1n) is 10.4. The Balaban J connectivity index is 1.68. The van der Waals surface area contributed by atoms with Crippen LogP contribution in [0.1, 0.15) is 56.9 Å². The highest BCUT2D eigenvalue weighted by molar-refractivity contribution is 7.99. The maximum atomic E-state index is 13.5. The van der Waals surface area contributed by atoms with Crippen LogP contribution in [-0.4, -0.2) is 39.5 Å². The summed E-state index contributed by atoms with van der Waals surface area (Å²) in [6, 6.07) is 0. The van der Waals surface area contributed by atoms with E-state index in [1.807, 2.05) is 20.8 Å². The van der Waals surface area contributed by atoms with E-state index in [-0.39, 0.29) is 28.9 Å². The summed E-state index contributed by atoms with van der Waals surface area (Å²) in [5, 5.41) is 4.40. The number of thioether (sulfide) groups is 1. The first-order chi connectivity index (χ1) is 13.8. The zero-order chi connectivity index (χ0) is 20.6. The number of hydrogen-bond donors (Lipinski definition) is 1. The number of nitrogens with one attached hydrogen (secondary N) is 1. The van der Waals surface area contributed by atoms with Gasteiger partial charge in [-0.15, -0.1) is 11.3 Å². The average Bonchev–Trinajstić information content (AvgIpc) is 3.28. The summed E-state index contributed by atoms with van der Waals surface area (Å²) >= 11 is 3.00. The number of amides is 1. The molecule has 1 saturated heterocycles. The van der Waals surface area contributed by atoms with E-state index in [4.69, 9.17) is 9.72 Å². The number of ether oxygens (including phenoxy) is 1. The molecular formula is C21H29N3O3S2. The fourth-order valence-corrected chi connectivity index (χ4v) is 6.18. The molecule has 1 atom stereocenters. The number of rotatable bonds is 5. The predicted octanol–water partition coefficient (Wildman–Crippen LogP) is 3.52. The van der Waals surface area contributed by atoms with Crippen LogP contribution < -0.4 is 10.9 Å². The second-order valence-electron chi connectivity index (χ2n) is 8.92. The number of hydrogen-bond acceptors (Lipinski definition) is 6. The smallest absolute Gasteiger partial charge is 0.263 e. The highest BCUT2D eigenvalue weighted by Gasteiger charge is 2.25. The van der Waals surface area contributed by atoms with Gasteiger partial charge in [0.15, 0.2) is 5.16 Å². The molecule has 1 N–H and O–H groups in total. The normalized spacial score (nSPS) is 19.5. The molecule has 2 aromatic rings. The molecule has 8 heteroatoms. The van der Waals surface area contributed by atoms with E-state index in [9.17, 15) is 9.59 Å². The predicted molar refractivity (Wildman–Crippen MR) is 118 cm³/mol. The zero-order valence-corrected chi connectivity index (χ0v) is 19.0. The summed E-state index contributed by atoms with van der Waals surface area (Å²) in [6.07, 6.45) is 6.35. The lowest BCUT2D eigenvalue weighted by Crippen LogP contribution is -2.41. The molecule has 0 radical (unpaired) electrons. The average molecular weight is 436 g/mol. The van der Waals surface area contributed by atoms with E-state index in [0.717, 1.165) is 48.9 Å². The van der Waals surface area contributed by atoms with Gasteiger partial charge in [-0.2, -0.15) is 0 Å². The van der Waals surface area contributed by atoms with Crippen LogP contribution in [0.2, 0.25) is 0 Å². The van der Waals surface area contributed by atoms with Crippen LogP contribution >= 0.6 is 23.1 Å². The van der Waals surface area contributed by atoms with Crippen molar-refractivity contribution in [3.8, 4) is 0 Å². The molecule has 0 bridgehead atoms. The van der Waals surface area contributed by atoms with Crippen molar-refractivity contribution in [3.63, 3.8) is 0 Å². The Labute approximate surface area is 179 Å². The van der Waals surface area contributed by atoms with Crippen molar-refractivity contribution in [1.29, 1.82) is 0 Å². The first-order valence-corrected chi connectivity index (χ1v) is 12.2. The molecule has 3 heterocycles. The summed E-state index contributed by atoms with van der Waals surface area (Å²) in [5.41, 5.74) is 0.958. The van der Waals surface area contributed by atoms with Gasteiger partial charge < -0.3 is 10.1 Å². The van der Waals surface area contributed by atoms with Crippen molar-refractivity contribution in [2.75, 3.05) is 12.4 Å². The summed E-state index contributed by atoms with van der Waals surface area (Å²) < 4.78 is 7.55. The zero-order valence-electron chi connectivity index (χ0n) is 17.4. The van der Waals surface area contributed by atoms with Crippen molar-refractivity contribution in [2.45, 2.75) is 82.6 Å². The second-order valence-corrected chi connectivity index (χ2v) is 10.9. The van der Waals surface area contributed by atoms with Crippen LogP contribution in [0.5, 0.6) is 0 Å². The van der Waals surface area contributed by atoms with Gasteiger partial charge in [-0.3, -0.25) is 14.2 Å². The molecule has 29 heavy (non-hydrogen) atoms. The molecule has 158 valence electrons. The molecule has 1 amide bonds. The summed E-state index contributed by atoms with van der Waals surface area (Å²) in [6.45, 7) is 7.14. The lowest BCUT2D eigenvalue weighted by Gasteiger charge is -2.20. The highest BCUT2D eigenvalue weighted by Crippen LogP contribution is 2.35. The standard InChI is InChI=1S/C21H29N3O3S2/c1-21(2,3)23-16(25)12-28-20-22-18-17(14-8-4-5-9-15(14)29-18)19(26)24(20)11-13-7-6-10-27-13/h13H,4-12H2,1-3H3,(H,23,25).